The molecule has 0 aliphatic carbocycles. The Morgan fingerprint density at radius 3 is 2.44 bits per heavy atom. The Balaban J connectivity index is 0.00000288. The van der Waals surface area contributed by atoms with Gasteiger partial charge in [-0.15, -0.1) is 36.2 Å². The normalized spacial score (nSPS) is 16.0. The van der Waals surface area contributed by atoms with E-state index in [2.05, 4.69) is 10.3 Å². The summed E-state index contributed by atoms with van der Waals surface area (Å²) >= 11 is 1.36. The second-order valence-corrected chi connectivity index (χ2v) is 7.40. The molecule has 0 aromatic carbocycles. The Morgan fingerprint density at radius 2 is 1.92 bits per heavy atom. The molecule has 1 aromatic rings. The van der Waals surface area contributed by atoms with Crippen molar-refractivity contribution in [3.63, 3.8) is 0 Å². The highest BCUT2D eigenvalue weighted by Crippen LogP contribution is 2.21. The van der Waals surface area contributed by atoms with Gasteiger partial charge in [0.2, 0.25) is 11.8 Å². The maximum atomic E-state index is 12.4. The summed E-state index contributed by atoms with van der Waals surface area (Å²) in [5, 5.41) is 5.16. The highest BCUT2D eigenvalue weighted by atomic mass is 35.5. The highest BCUT2D eigenvalue weighted by Gasteiger charge is 2.25. The van der Waals surface area contributed by atoms with Gasteiger partial charge in [-0.05, 0) is 25.7 Å². The van der Waals surface area contributed by atoms with Crippen LogP contribution in [0.2, 0.25) is 0 Å². The number of anilines is 1. The first-order chi connectivity index (χ1) is 10.9. The van der Waals surface area contributed by atoms with Crippen molar-refractivity contribution >= 4 is 53.1 Å². The van der Waals surface area contributed by atoms with Crippen molar-refractivity contribution in [1.82, 2.24) is 9.88 Å². The molecule has 1 fully saturated rings. The van der Waals surface area contributed by atoms with Crippen LogP contribution >= 0.6 is 36.2 Å². The van der Waals surface area contributed by atoms with Gasteiger partial charge in [0.05, 0.1) is 12.1 Å². The highest BCUT2D eigenvalue weighted by molar-refractivity contribution is 7.13. The third-order valence-electron chi connectivity index (χ3n) is 4.27. The summed E-state index contributed by atoms with van der Waals surface area (Å²) in [5.74, 6) is 0.460. The first-order valence-corrected chi connectivity index (χ1v) is 9.03. The zero-order valence-corrected chi connectivity index (χ0v) is 17.3. The minimum atomic E-state index is -0.0878. The second-order valence-electron chi connectivity index (χ2n) is 6.54. The van der Waals surface area contributed by atoms with Gasteiger partial charge in [-0.2, -0.15) is 0 Å². The van der Waals surface area contributed by atoms with Gasteiger partial charge in [-0.1, -0.05) is 13.8 Å². The number of aromatic nitrogens is 1. The number of rotatable bonds is 5. The number of amides is 2. The van der Waals surface area contributed by atoms with E-state index in [-0.39, 0.29) is 55.0 Å². The molecule has 1 aliphatic heterocycles. The SMILES string of the molecule is CC(C)C(=O)Nc1nc(CC(=O)N2CCC(C(C)N)CC2)cs1.Cl.Cl. The number of nitrogens with zero attached hydrogens (tertiary/aromatic N) is 2. The number of halogens is 2. The summed E-state index contributed by atoms with van der Waals surface area (Å²) < 4.78 is 0. The zero-order chi connectivity index (χ0) is 17.0. The molecule has 0 spiro atoms. The minimum Gasteiger partial charge on any atom is -0.342 e. The van der Waals surface area contributed by atoms with Crippen LogP contribution in [0.4, 0.5) is 5.13 Å². The van der Waals surface area contributed by atoms with E-state index in [1.54, 1.807) is 0 Å². The van der Waals surface area contributed by atoms with Gasteiger partial charge in [-0.25, -0.2) is 4.98 Å². The van der Waals surface area contributed by atoms with Crippen molar-refractivity contribution in [2.75, 3.05) is 18.4 Å². The third-order valence-corrected chi connectivity index (χ3v) is 5.08. The van der Waals surface area contributed by atoms with Crippen molar-refractivity contribution in [1.29, 1.82) is 0 Å². The van der Waals surface area contributed by atoms with Crippen molar-refractivity contribution in [2.24, 2.45) is 17.6 Å². The van der Waals surface area contributed by atoms with Crippen molar-refractivity contribution in [3.05, 3.63) is 11.1 Å². The van der Waals surface area contributed by atoms with E-state index in [0.29, 0.717) is 16.7 Å². The largest absolute Gasteiger partial charge is 0.342 e. The van der Waals surface area contributed by atoms with Crippen LogP contribution in [0.25, 0.3) is 0 Å². The number of hydrogen-bond donors (Lipinski definition) is 2. The van der Waals surface area contributed by atoms with E-state index in [1.807, 2.05) is 31.1 Å². The Kier molecular flexibility index (Phi) is 10.6. The number of thiazole rings is 1. The maximum Gasteiger partial charge on any atom is 0.228 e. The van der Waals surface area contributed by atoms with E-state index >= 15 is 0 Å². The molecular formula is C16H28Cl2N4O2S. The average Bonchev–Trinajstić information content (AvgIpc) is 2.94. The Hall–Kier alpha value is -0.890. The fourth-order valence-electron chi connectivity index (χ4n) is 2.64. The van der Waals surface area contributed by atoms with Gasteiger partial charge in [-0.3, -0.25) is 9.59 Å². The van der Waals surface area contributed by atoms with Gasteiger partial charge >= 0.3 is 0 Å². The molecule has 6 nitrogen and oxygen atoms in total. The number of carbonyl (C=O) groups excluding carboxylic acids is 2. The van der Waals surface area contributed by atoms with Gasteiger partial charge in [0.15, 0.2) is 5.13 Å². The summed E-state index contributed by atoms with van der Waals surface area (Å²) in [5.41, 5.74) is 6.65. The lowest BCUT2D eigenvalue weighted by Crippen LogP contribution is -2.43. The molecule has 1 aromatic heterocycles. The Bertz CT molecular complexity index is 558. The van der Waals surface area contributed by atoms with Gasteiger partial charge in [0, 0.05) is 30.4 Å². The molecule has 2 heterocycles. The molecule has 0 bridgehead atoms. The zero-order valence-electron chi connectivity index (χ0n) is 14.9. The molecule has 3 N–H and O–H groups in total. The number of hydrogen-bond acceptors (Lipinski definition) is 5. The Morgan fingerprint density at radius 1 is 1.32 bits per heavy atom. The number of nitrogens with one attached hydrogen (secondary N) is 1. The summed E-state index contributed by atoms with van der Waals surface area (Å²) in [7, 11) is 0. The predicted molar refractivity (Wildman–Crippen MR) is 107 cm³/mol. The molecule has 0 radical (unpaired) electrons. The monoisotopic (exact) mass is 410 g/mol. The molecule has 0 saturated carbocycles. The van der Waals surface area contributed by atoms with Gasteiger partial charge < -0.3 is 16.0 Å². The fraction of sp³-hybridized carbons (Fsp3) is 0.688. The van der Waals surface area contributed by atoms with Crippen LogP contribution in [0, 0.1) is 11.8 Å². The lowest BCUT2D eigenvalue weighted by molar-refractivity contribution is -0.132. The van der Waals surface area contributed by atoms with Crippen molar-refractivity contribution < 1.29 is 9.59 Å². The molecule has 1 saturated heterocycles. The first-order valence-electron chi connectivity index (χ1n) is 8.15. The summed E-state index contributed by atoms with van der Waals surface area (Å²) in [4.78, 5) is 30.2. The molecule has 2 amide bonds. The van der Waals surface area contributed by atoms with Crippen LogP contribution < -0.4 is 11.1 Å². The number of carbonyl (C=O) groups is 2. The minimum absolute atomic E-state index is 0. The lowest BCUT2D eigenvalue weighted by atomic mass is 9.91. The van der Waals surface area contributed by atoms with Gasteiger partial charge in [0.1, 0.15) is 0 Å². The van der Waals surface area contributed by atoms with Crippen molar-refractivity contribution in [2.45, 2.75) is 46.1 Å². The van der Waals surface area contributed by atoms with E-state index < -0.39 is 0 Å². The molecular weight excluding hydrogens is 383 g/mol. The number of nitrogens with two attached hydrogens (primary N) is 1. The third kappa shape index (κ3) is 7.09. The van der Waals surface area contributed by atoms with Crippen LogP contribution in [0.1, 0.15) is 39.3 Å². The van der Waals surface area contributed by atoms with E-state index in [9.17, 15) is 9.59 Å². The van der Waals surface area contributed by atoms with Crippen LogP contribution in [0.5, 0.6) is 0 Å². The molecule has 1 atom stereocenters. The molecule has 9 heteroatoms. The molecule has 144 valence electrons. The average molecular weight is 411 g/mol. The number of likely N-dealkylation sites (tertiary alicyclic amines) is 1. The fourth-order valence-corrected chi connectivity index (χ4v) is 3.35. The van der Waals surface area contributed by atoms with E-state index in [4.69, 9.17) is 5.73 Å². The van der Waals surface area contributed by atoms with Crippen LogP contribution in [0.3, 0.4) is 0 Å². The standard InChI is InChI=1S/C16H26N4O2S.2ClH/c1-10(2)15(22)19-16-18-13(9-23-16)8-14(21)20-6-4-12(5-7-20)11(3)17;;/h9-12H,4-8,17H2,1-3H3,(H,18,19,22);2*1H. The molecule has 2 rings (SSSR count). The smallest absolute Gasteiger partial charge is 0.228 e. The van der Waals surface area contributed by atoms with E-state index in [0.717, 1.165) is 25.9 Å². The first kappa shape index (κ1) is 24.1. The molecule has 1 aliphatic rings. The topological polar surface area (TPSA) is 88.3 Å². The van der Waals surface area contributed by atoms with Gasteiger partial charge in [0.25, 0.3) is 0 Å². The van der Waals surface area contributed by atoms with Crippen molar-refractivity contribution in [3.8, 4) is 0 Å². The van der Waals surface area contributed by atoms with Crippen LogP contribution in [-0.4, -0.2) is 40.8 Å². The number of piperidine rings is 1. The maximum absolute atomic E-state index is 12.4. The quantitative estimate of drug-likeness (QED) is 0.780. The summed E-state index contributed by atoms with van der Waals surface area (Å²) in [6.07, 6.45) is 2.23. The van der Waals surface area contributed by atoms with E-state index in [1.165, 1.54) is 11.3 Å². The second kappa shape index (κ2) is 11.0. The summed E-state index contributed by atoms with van der Waals surface area (Å²) in [6, 6.07) is 0.193. The molecule has 1 unspecified atom stereocenters. The lowest BCUT2D eigenvalue weighted by Gasteiger charge is -2.33. The molecule has 25 heavy (non-hydrogen) atoms. The van der Waals surface area contributed by atoms with Crippen LogP contribution in [0.15, 0.2) is 5.38 Å². The van der Waals surface area contributed by atoms with Crippen LogP contribution in [-0.2, 0) is 16.0 Å². The predicted octanol–water partition coefficient (Wildman–Crippen LogP) is 2.71. The summed E-state index contributed by atoms with van der Waals surface area (Å²) in [6.45, 7) is 7.24. The Labute approximate surface area is 165 Å².